The first-order chi connectivity index (χ1) is 9.16. The number of rotatable bonds is 9. The van der Waals surface area contributed by atoms with E-state index in [2.05, 4.69) is 54.4 Å². The Morgan fingerprint density at radius 3 is 2.42 bits per heavy atom. The molecule has 1 aromatic rings. The lowest BCUT2D eigenvalue weighted by molar-refractivity contribution is 0.165. The summed E-state index contributed by atoms with van der Waals surface area (Å²) < 4.78 is 0. The van der Waals surface area contributed by atoms with Gasteiger partial charge in [-0.3, -0.25) is 0 Å². The van der Waals surface area contributed by atoms with E-state index < -0.39 is 0 Å². The minimum Gasteiger partial charge on any atom is -0.395 e. The van der Waals surface area contributed by atoms with Gasteiger partial charge in [0.1, 0.15) is 0 Å². The summed E-state index contributed by atoms with van der Waals surface area (Å²) in [6, 6.07) is 10.6. The fraction of sp³-hybridized carbons (Fsp3) is 0.625. The Kier molecular flexibility index (Phi) is 7.06. The highest BCUT2D eigenvalue weighted by molar-refractivity contribution is 5.25. The van der Waals surface area contributed by atoms with Gasteiger partial charge in [-0.1, -0.05) is 44.2 Å². The highest BCUT2D eigenvalue weighted by Gasteiger charge is 2.28. The van der Waals surface area contributed by atoms with Crippen molar-refractivity contribution in [3.63, 3.8) is 0 Å². The third-order valence-electron chi connectivity index (χ3n) is 3.57. The highest BCUT2D eigenvalue weighted by Crippen LogP contribution is 2.24. The second-order valence-electron chi connectivity index (χ2n) is 5.46. The summed E-state index contributed by atoms with van der Waals surface area (Å²) >= 11 is 0. The first-order valence-electron chi connectivity index (χ1n) is 7.19. The Morgan fingerprint density at radius 1 is 1.21 bits per heavy atom. The minimum atomic E-state index is 0.0698. The first-order valence-corrected chi connectivity index (χ1v) is 7.19. The topological polar surface area (TPSA) is 35.5 Å². The molecule has 0 saturated heterocycles. The Bertz CT molecular complexity index is 336. The van der Waals surface area contributed by atoms with E-state index in [0.717, 1.165) is 32.6 Å². The lowest BCUT2D eigenvalue weighted by Gasteiger charge is -2.36. The van der Waals surface area contributed by atoms with Gasteiger partial charge >= 0.3 is 0 Å². The van der Waals surface area contributed by atoms with Crippen molar-refractivity contribution < 1.29 is 5.11 Å². The normalized spacial score (nSPS) is 14.6. The van der Waals surface area contributed by atoms with Crippen LogP contribution >= 0.6 is 0 Å². The molecule has 0 amide bonds. The average molecular weight is 264 g/mol. The molecule has 3 heteroatoms. The molecule has 0 aliphatic rings. The zero-order valence-corrected chi connectivity index (χ0v) is 12.5. The van der Waals surface area contributed by atoms with Crippen LogP contribution in [0.3, 0.4) is 0 Å². The Labute approximate surface area is 117 Å². The summed E-state index contributed by atoms with van der Waals surface area (Å²) in [5, 5.41) is 12.5. The molecule has 108 valence electrons. The van der Waals surface area contributed by atoms with E-state index in [0.29, 0.717) is 0 Å². The molecule has 0 aliphatic heterocycles. The molecule has 19 heavy (non-hydrogen) atoms. The monoisotopic (exact) mass is 264 g/mol. The second kappa shape index (κ2) is 8.31. The summed E-state index contributed by atoms with van der Waals surface area (Å²) in [6.45, 7) is 8.38. The standard InChI is InChI=1S/C16H28N2O/c1-4-10-18(11-12-19)14-16(2,13-17-3)15-8-6-5-7-9-15/h5-9,17,19H,4,10-14H2,1-3H3. The number of nitrogens with one attached hydrogen (secondary N) is 1. The maximum atomic E-state index is 9.20. The van der Waals surface area contributed by atoms with Crippen LogP contribution in [-0.2, 0) is 5.41 Å². The van der Waals surface area contributed by atoms with Gasteiger partial charge in [0.25, 0.3) is 0 Å². The molecule has 1 unspecified atom stereocenters. The molecule has 0 aliphatic carbocycles. The van der Waals surface area contributed by atoms with Crippen molar-refractivity contribution in [1.29, 1.82) is 0 Å². The van der Waals surface area contributed by atoms with Crippen LogP contribution < -0.4 is 5.32 Å². The van der Waals surface area contributed by atoms with E-state index in [-0.39, 0.29) is 12.0 Å². The lowest BCUT2D eigenvalue weighted by Crippen LogP contribution is -2.45. The summed E-state index contributed by atoms with van der Waals surface area (Å²) in [7, 11) is 2.00. The van der Waals surface area contributed by atoms with Crippen LogP contribution in [-0.4, -0.2) is 49.8 Å². The molecule has 1 atom stereocenters. The number of nitrogens with zero attached hydrogens (tertiary/aromatic N) is 1. The van der Waals surface area contributed by atoms with Crippen molar-refractivity contribution in [1.82, 2.24) is 10.2 Å². The minimum absolute atomic E-state index is 0.0698. The van der Waals surface area contributed by atoms with Gasteiger partial charge in [-0.05, 0) is 25.6 Å². The molecule has 3 nitrogen and oxygen atoms in total. The quantitative estimate of drug-likeness (QED) is 0.715. The van der Waals surface area contributed by atoms with E-state index in [1.807, 2.05) is 7.05 Å². The molecule has 1 aromatic carbocycles. The van der Waals surface area contributed by atoms with Gasteiger partial charge in [-0.25, -0.2) is 0 Å². The van der Waals surface area contributed by atoms with Crippen LogP contribution in [0.2, 0.25) is 0 Å². The number of hydrogen-bond acceptors (Lipinski definition) is 3. The van der Waals surface area contributed by atoms with Crippen LogP contribution in [0.4, 0.5) is 0 Å². The van der Waals surface area contributed by atoms with Crippen LogP contribution in [0, 0.1) is 0 Å². The molecule has 0 radical (unpaired) electrons. The second-order valence-corrected chi connectivity index (χ2v) is 5.46. The molecule has 0 bridgehead atoms. The van der Waals surface area contributed by atoms with E-state index in [4.69, 9.17) is 0 Å². The predicted molar refractivity (Wildman–Crippen MR) is 81.5 cm³/mol. The number of hydrogen-bond donors (Lipinski definition) is 2. The van der Waals surface area contributed by atoms with Crippen LogP contribution in [0.1, 0.15) is 25.8 Å². The maximum absolute atomic E-state index is 9.20. The summed E-state index contributed by atoms with van der Waals surface area (Å²) in [5.74, 6) is 0. The molecular formula is C16H28N2O. The zero-order chi connectivity index (χ0) is 14.1. The Balaban J connectivity index is 2.85. The van der Waals surface area contributed by atoms with Crippen LogP contribution in [0.5, 0.6) is 0 Å². The van der Waals surface area contributed by atoms with Crippen molar-refractivity contribution in [3.8, 4) is 0 Å². The first kappa shape index (κ1) is 16.2. The fourth-order valence-electron chi connectivity index (χ4n) is 2.70. The van der Waals surface area contributed by atoms with Crippen LogP contribution in [0.25, 0.3) is 0 Å². The highest BCUT2D eigenvalue weighted by atomic mass is 16.3. The van der Waals surface area contributed by atoms with E-state index >= 15 is 0 Å². The van der Waals surface area contributed by atoms with Crippen molar-refractivity contribution in [2.24, 2.45) is 0 Å². The lowest BCUT2D eigenvalue weighted by atomic mass is 9.81. The predicted octanol–water partition coefficient (Wildman–Crippen LogP) is 1.87. The SMILES string of the molecule is CCCN(CCO)CC(C)(CNC)c1ccccc1. The molecular weight excluding hydrogens is 236 g/mol. The number of aliphatic hydroxyl groups excluding tert-OH is 1. The zero-order valence-electron chi connectivity index (χ0n) is 12.5. The van der Waals surface area contributed by atoms with E-state index in [1.54, 1.807) is 0 Å². The molecule has 0 aromatic heterocycles. The van der Waals surface area contributed by atoms with Crippen molar-refractivity contribution >= 4 is 0 Å². The Morgan fingerprint density at radius 2 is 1.89 bits per heavy atom. The molecule has 0 fully saturated rings. The molecule has 0 saturated carbocycles. The van der Waals surface area contributed by atoms with E-state index in [9.17, 15) is 5.11 Å². The van der Waals surface area contributed by atoms with Gasteiger partial charge in [0.2, 0.25) is 0 Å². The maximum Gasteiger partial charge on any atom is 0.0558 e. The van der Waals surface area contributed by atoms with Gasteiger partial charge in [0.15, 0.2) is 0 Å². The third-order valence-corrected chi connectivity index (χ3v) is 3.57. The van der Waals surface area contributed by atoms with Crippen molar-refractivity contribution in [2.45, 2.75) is 25.7 Å². The van der Waals surface area contributed by atoms with Gasteiger partial charge < -0.3 is 15.3 Å². The number of benzene rings is 1. The molecule has 2 N–H and O–H groups in total. The van der Waals surface area contributed by atoms with E-state index in [1.165, 1.54) is 5.56 Å². The van der Waals surface area contributed by atoms with Gasteiger partial charge in [0, 0.05) is 25.0 Å². The van der Waals surface area contributed by atoms with Gasteiger partial charge in [-0.2, -0.15) is 0 Å². The molecule has 1 rings (SSSR count). The molecule has 0 heterocycles. The van der Waals surface area contributed by atoms with Gasteiger partial charge in [-0.15, -0.1) is 0 Å². The Hall–Kier alpha value is -0.900. The number of likely N-dealkylation sites (N-methyl/N-ethyl adjacent to an activating group) is 1. The largest absolute Gasteiger partial charge is 0.395 e. The van der Waals surface area contributed by atoms with Crippen LogP contribution in [0.15, 0.2) is 30.3 Å². The summed E-state index contributed by atoms with van der Waals surface area (Å²) in [6.07, 6.45) is 1.12. The third kappa shape index (κ3) is 4.94. The van der Waals surface area contributed by atoms with Gasteiger partial charge in [0.05, 0.1) is 6.61 Å². The number of aliphatic hydroxyl groups is 1. The summed E-state index contributed by atoms with van der Waals surface area (Å²) in [4.78, 5) is 2.35. The molecule has 0 spiro atoms. The fourth-order valence-corrected chi connectivity index (χ4v) is 2.70. The van der Waals surface area contributed by atoms with Crippen molar-refractivity contribution in [3.05, 3.63) is 35.9 Å². The smallest absolute Gasteiger partial charge is 0.0558 e. The average Bonchev–Trinajstić information content (AvgIpc) is 2.40. The summed E-state index contributed by atoms with van der Waals surface area (Å²) in [5.41, 5.74) is 1.42. The van der Waals surface area contributed by atoms with Crippen molar-refractivity contribution in [2.75, 3.05) is 39.8 Å².